The standard InChI is InChI=1S/C14H17F2N3/c1-11(12-5-3-2-4-6-12)18-14-7-8-19(10-17-14)9-13(15)16/h2-8,11,13H,9-10H2,1H3,(H,17,18)/t11-/m0/s1. The lowest BCUT2D eigenvalue weighted by Crippen LogP contribution is -2.40. The molecule has 0 amide bonds. The van der Waals surface area contributed by atoms with E-state index in [1.54, 1.807) is 12.3 Å². The van der Waals surface area contributed by atoms with Crippen LogP contribution in [0.25, 0.3) is 0 Å². The van der Waals surface area contributed by atoms with E-state index in [9.17, 15) is 8.78 Å². The van der Waals surface area contributed by atoms with Crippen molar-refractivity contribution in [1.82, 2.24) is 10.2 Å². The molecule has 3 nitrogen and oxygen atoms in total. The number of nitrogens with one attached hydrogen (secondary N) is 1. The highest BCUT2D eigenvalue weighted by Crippen LogP contribution is 2.16. The summed E-state index contributed by atoms with van der Waals surface area (Å²) in [5.41, 5.74) is 1.13. The van der Waals surface area contributed by atoms with Crippen LogP contribution < -0.4 is 5.32 Å². The number of halogens is 2. The van der Waals surface area contributed by atoms with E-state index in [2.05, 4.69) is 10.3 Å². The molecule has 0 saturated carbocycles. The van der Waals surface area contributed by atoms with Gasteiger partial charge in [0, 0.05) is 6.20 Å². The van der Waals surface area contributed by atoms with Crippen molar-refractivity contribution >= 4 is 5.84 Å². The molecule has 1 aromatic carbocycles. The molecule has 19 heavy (non-hydrogen) atoms. The van der Waals surface area contributed by atoms with Crippen LogP contribution in [-0.2, 0) is 0 Å². The highest BCUT2D eigenvalue weighted by molar-refractivity contribution is 5.93. The smallest absolute Gasteiger partial charge is 0.255 e. The van der Waals surface area contributed by atoms with E-state index in [-0.39, 0.29) is 12.6 Å². The summed E-state index contributed by atoms with van der Waals surface area (Å²) < 4.78 is 24.4. The highest BCUT2D eigenvalue weighted by atomic mass is 19.3. The first-order valence-electron chi connectivity index (χ1n) is 6.22. The Bertz CT molecular complexity index is 457. The summed E-state index contributed by atoms with van der Waals surface area (Å²) in [7, 11) is 0. The molecule has 0 bridgehead atoms. The van der Waals surface area contributed by atoms with E-state index < -0.39 is 6.43 Å². The van der Waals surface area contributed by atoms with Crippen molar-refractivity contribution in [2.24, 2.45) is 4.99 Å². The average molecular weight is 265 g/mol. The fraction of sp³-hybridized carbons (Fsp3) is 0.357. The van der Waals surface area contributed by atoms with Crippen molar-refractivity contribution in [2.75, 3.05) is 13.2 Å². The van der Waals surface area contributed by atoms with Crippen molar-refractivity contribution in [3.8, 4) is 0 Å². The molecule has 1 aliphatic rings. The minimum Gasteiger partial charge on any atom is -0.354 e. The topological polar surface area (TPSA) is 27.6 Å². The summed E-state index contributed by atoms with van der Waals surface area (Å²) in [4.78, 5) is 6.05. The van der Waals surface area contributed by atoms with Crippen molar-refractivity contribution in [1.29, 1.82) is 0 Å². The Morgan fingerprint density at radius 1 is 1.32 bits per heavy atom. The lowest BCUT2D eigenvalue weighted by atomic mass is 10.1. The number of hydrogen-bond acceptors (Lipinski definition) is 2. The molecule has 0 spiro atoms. The molecule has 0 saturated heterocycles. The third-order valence-electron chi connectivity index (χ3n) is 2.89. The van der Waals surface area contributed by atoms with Crippen LogP contribution in [0.1, 0.15) is 18.5 Å². The van der Waals surface area contributed by atoms with Gasteiger partial charge in [0.2, 0.25) is 0 Å². The van der Waals surface area contributed by atoms with Crippen molar-refractivity contribution in [3.63, 3.8) is 0 Å². The Balaban J connectivity index is 1.98. The zero-order valence-electron chi connectivity index (χ0n) is 10.8. The lowest BCUT2D eigenvalue weighted by molar-refractivity contribution is 0.107. The molecule has 0 aliphatic carbocycles. The molecule has 1 atom stereocenters. The van der Waals surface area contributed by atoms with Gasteiger partial charge >= 0.3 is 0 Å². The molecule has 0 radical (unpaired) electrons. The number of amidine groups is 1. The van der Waals surface area contributed by atoms with Crippen LogP contribution >= 0.6 is 0 Å². The van der Waals surface area contributed by atoms with Gasteiger partial charge < -0.3 is 10.2 Å². The minimum absolute atomic E-state index is 0.0370. The number of aliphatic imine (C=N–C) groups is 1. The molecule has 1 N–H and O–H groups in total. The van der Waals surface area contributed by atoms with Crippen LogP contribution in [0.4, 0.5) is 8.78 Å². The Hall–Kier alpha value is -1.91. The largest absolute Gasteiger partial charge is 0.354 e. The Labute approximate surface area is 111 Å². The summed E-state index contributed by atoms with van der Waals surface area (Å²) in [5, 5.41) is 3.03. The molecule has 1 aromatic rings. The summed E-state index contributed by atoms with van der Waals surface area (Å²) in [6, 6.07) is 9.98. The van der Waals surface area contributed by atoms with Crippen LogP contribution in [0, 0.1) is 0 Å². The van der Waals surface area contributed by atoms with Crippen molar-refractivity contribution in [2.45, 2.75) is 19.4 Å². The monoisotopic (exact) mass is 265 g/mol. The maximum absolute atomic E-state index is 12.2. The molecule has 102 valence electrons. The second-order valence-electron chi connectivity index (χ2n) is 4.41. The van der Waals surface area contributed by atoms with Crippen LogP contribution in [-0.4, -0.2) is 30.4 Å². The van der Waals surface area contributed by atoms with Gasteiger partial charge in [0.15, 0.2) is 0 Å². The predicted molar refractivity (Wildman–Crippen MR) is 72.1 cm³/mol. The van der Waals surface area contributed by atoms with E-state index in [0.29, 0.717) is 6.67 Å². The maximum atomic E-state index is 12.2. The summed E-state index contributed by atoms with van der Waals surface area (Å²) in [6.45, 7) is 2.11. The molecular weight excluding hydrogens is 248 g/mol. The molecule has 0 aromatic heterocycles. The average Bonchev–Trinajstić information content (AvgIpc) is 2.41. The van der Waals surface area contributed by atoms with Gasteiger partial charge in [-0.3, -0.25) is 4.99 Å². The van der Waals surface area contributed by atoms with Crippen molar-refractivity contribution < 1.29 is 8.78 Å². The Morgan fingerprint density at radius 2 is 2.05 bits per heavy atom. The Kier molecular flexibility index (Phi) is 4.49. The van der Waals surface area contributed by atoms with Gasteiger partial charge in [-0.25, -0.2) is 8.78 Å². The lowest BCUT2D eigenvalue weighted by Gasteiger charge is -2.25. The molecule has 1 aliphatic heterocycles. The number of rotatable bonds is 4. The van der Waals surface area contributed by atoms with Gasteiger partial charge in [-0.1, -0.05) is 30.3 Å². The molecule has 5 heteroatoms. The van der Waals surface area contributed by atoms with Gasteiger partial charge in [0.25, 0.3) is 6.43 Å². The van der Waals surface area contributed by atoms with Gasteiger partial charge in [-0.2, -0.15) is 0 Å². The molecule has 2 rings (SSSR count). The number of nitrogens with zero attached hydrogens (tertiary/aromatic N) is 2. The van der Waals surface area contributed by atoms with E-state index in [1.165, 1.54) is 4.90 Å². The number of hydrogen-bond donors (Lipinski definition) is 1. The van der Waals surface area contributed by atoms with E-state index >= 15 is 0 Å². The van der Waals surface area contributed by atoms with Crippen LogP contribution in [0.5, 0.6) is 0 Å². The normalized spacial score (nSPS) is 18.7. The van der Waals surface area contributed by atoms with Crippen LogP contribution in [0.2, 0.25) is 0 Å². The molecular formula is C14H17F2N3. The van der Waals surface area contributed by atoms with Crippen LogP contribution in [0.3, 0.4) is 0 Å². The minimum atomic E-state index is -2.33. The third-order valence-corrected chi connectivity index (χ3v) is 2.89. The first-order chi connectivity index (χ1) is 9.15. The van der Waals surface area contributed by atoms with E-state index in [1.807, 2.05) is 37.3 Å². The fourth-order valence-corrected chi connectivity index (χ4v) is 1.88. The zero-order valence-corrected chi connectivity index (χ0v) is 10.8. The summed E-state index contributed by atoms with van der Waals surface area (Å²) >= 11 is 0. The quantitative estimate of drug-likeness (QED) is 0.906. The summed E-state index contributed by atoms with van der Waals surface area (Å²) in [5.74, 6) is 0.724. The summed E-state index contributed by atoms with van der Waals surface area (Å²) in [6.07, 6.45) is 1.05. The first kappa shape index (κ1) is 13.5. The predicted octanol–water partition coefficient (Wildman–Crippen LogP) is 2.79. The maximum Gasteiger partial charge on any atom is 0.255 e. The third kappa shape index (κ3) is 4.05. The number of alkyl halides is 2. The fourth-order valence-electron chi connectivity index (χ4n) is 1.88. The second-order valence-corrected chi connectivity index (χ2v) is 4.41. The highest BCUT2D eigenvalue weighted by Gasteiger charge is 2.12. The van der Waals surface area contributed by atoms with Crippen molar-refractivity contribution in [3.05, 3.63) is 48.2 Å². The Morgan fingerprint density at radius 3 is 2.63 bits per heavy atom. The second kappa shape index (κ2) is 6.31. The van der Waals surface area contributed by atoms with Gasteiger partial charge in [0.05, 0.1) is 19.3 Å². The molecule has 0 fully saturated rings. The number of benzene rings is 1. The molecule has 0 unspecified atom stereocenters. The molecule has 1 heterocycles. The van der Waals surface area contributed by atoms with E-state index in [4.69, 9.17) is 0 Å². The van der Waals surface area contributed by atoms with Gasteiger partial charge in [0.1, 0.15) is 5.84 Å². The van der Waals surface area contributed by atoms with E-state index in [0.717, 1.165) is 11.4 Å². The van der Waals surface area contributed by atoms with Crippen LogP contribution in [0.15, 0.2) is 47.6 Å². The first-order valence-corrected chi connectivity index (χ1v) is 6.22. The van der Waals surface area contributed by atoms with Gasteiger partial charge in [-0.15, -0.1) is 0 Å². The zero-order chi connectivity index (χ0) is 13.7. The SMILES string of the molecule is C[C@H](N=C1C=CN(CC(F)F)CN1)c1ccccc1. The van der Waals surface area contributed by atoms with Gasteiger partial charge in [-0.05, 0) is 18.6 Å².